The SMILES string of the molecule is CC1=CC(N=C(N)c2ccccc2O)/C(=C(\C)NCCCCNC(=O)CCC(C)C)C=C1. The number of allylic oxidation sites excluding steroid dienone is 3. The Morgan fingerprint density at radius 3 is 2.53 bits per heavy atom. The largest absolute Gasteiger partial charge is 0.507 e. The van der Waals surface area contributed by atoms with Crippen molar-refractivity contribution in [3.05, 3.63) is 64.9 Å². The summed E-state index contributed by atoms with van der Waals surface area (Å²) in [6.45, 7) is 9.86. The lowest BCUT2D eigenvalue weighted by atomic mass is 9.96. The first kappa shape index (κ1) is 25.2. The molecule has 0 aliphatic heterocycles. The Balaban J connectivity index is 1.90. The molecular weight excluding hydrogens is 400 g/mol. The average Bonchev–Trinajstić information content (AvgIpc) is 2.74. The van der Waals surface area contributed by atoms with E-state index in [1.165, 1.54) is 0 Å². The van der Waals surface area contributed by atoms with Crippen molar-refractivity contribution in [1.29, 1.82) is 0 Å². The maximum atomic E-state index is 11.8. The molecule has 32 heavy (non-hydrogen) atoms. The molecule has 0 radical (unpaired) electrons. The smallest absolute Gasteiger partial charge is 0.220 e. The molecule has 1 atom stereocenters. The molecule has 0 fully saturated rings. The Hall–Kier alpha value is -3.02. The summed E-state index contributed by atoms with van der Waals surface area (Å²) in [5.74, 6) is 1.13. The molecular formula is C26H38N4O2. The van der Waals surface area contributed by atoms with Gasteiger partial charge in [-0.1, -0.05) is 49.8 Å². The Bertz CT molecular complexity index is 897. The Labute approximate surface area is 192 Å². The fraction of sp³-hybridized carbons (Fsp3) is 0.462. The fourth-order valence-corrected chi connectivity index (χ4v) is 3.44. The number of nitrogens with one attached hydrogen (secondary N) is 2. The molecule has 1 aromatic carbocycles. The van der Waals surface area contributed by atoms with Crippen molar-refractivity contribution in [2.75, 3.05) is 13.1 Å². The summed E-state index contributed by atoms with van der Waals surface area (Å²) >= 11 is 0. The number of benzene rings is 1. The Morgan fingerprint density at radius 2 is 1.84 bits per heavy atom. The van der Waals surface area contributed by atoms with Crippen molar-refractivity contribution in [2.45, 2.75) is 59.4 Å². The Morgan fingerprint density at radius 1 is 1.16 bits per heavy atom. The van der Waals surface area contributed by atoms with Crippen LogP contribution < -0.4 is 16.4 Å². The predicted octanol–water partition coefficient (Wildman–Crippen LogP) is 4.18. The van der Waals surface area contributed by atoms with Crippen LogP contribution in [-0.2, 0) is 4.79 Å². The van der Waals surface area contributed by atoms with Gasteiger partial charge in [0.1, 0.15) is 11.6 Å². The number of phenolic OH excluding ortho intramolecular Hbond substituents is 1. The zero-order valence-electron chi connectivity index (χ0n) is 19.8. The van der Waals surface area contributed by atoms with Crippen molar-refractivity contribution >= 4 is 11.7 Å². The van der Waals surface area contributed by atoms with Gasteiger partial charge in [0.2, 0.25) is 5.91 Å². The van der Waals surface area contributed by atoms with Gasteiger partial charge in [-0.3, -0.25) is 9.79 Å². The highest BCUT2D eigenvalue weighted by atomic mass is 16.3. The van der Waals surface area contributed by atoms with Crippen molar-refractivity contribution in [2.24, 2.45) is 16.6 Å². The molecule has 1 aliphatic carbocycles. The van der Waals surface area contributed by atoms with Gasteiger partial charge >= 0.3 is 0 Å². The van der Waals surface area contributed by atoms with E-state index in [0.29, 0.717) is 30.3 Å². The number of hydrogen-bond acceptors (Lipinski definition) is 4. The molecule has 0 bridgehead atoms. The lowest BCUT2D eigenvalue weighted by Gasteiger charge is -2.20. The van der Waals surface area contributed by atoms with Crippen LogP contribution in [0.5, 0.6) is 5.75 Å². The van der Waals surface area contributed by atoms with Crippen LogP contribution in [0.25, 0.3) is 0 Å². The van der Waals surface area contributed by atoms with Gasteiger partial charge < -0.3 is 21.5 Å². The number of amidine groups is 1. The second-order valence-electron chi connectivity index (χ2n) is 8.72. The normalized spacial score (nSPS) is 17.8. The topological polar surface area (TPSA) is 99.7 Å². The number of amides is 1. The summed E-state index contributed by atoms with van der Waals surface area (Å²) in [6, 6.07) is 6.74. The van der Waals surface area contributed by atoms with Gasteiger partial charge in [-0.25, -0.2) is 0 Å². The van der Waals surface area contributed by atoms with E-state index in [1.54, 1.807) is 18.2 Å². The molecule has 1 aliphatic rings. The number of carbonyl (C=O) groups is 1. The minimum atomic E-state index is -0.215. The van der Waals surface area contributed by atoms with E-state index in [4.69, 9.17) is 5.73 Å². The lowest BCUT2D eigenvalue weighted by Crippen LogP contribution is -2.26. The number of hydrogen-bond donors (Lipinski definition) is 4. The van der Waals surface area contributed by atoms with E-state index in [1.807, 2.05) is 19.9 Å². The number of carbonyl (C=O) groups excluding carboxylic acids is 1. The minimum Gasteiger partial charge on any atom is -0.507 e. The molecule has 0 spiro atoms. The number of para-hydroxylation sites is 1. The van der Waals surface area contributed by atoms with E-state index < -0.39 is 0 Å². The number of aliphatic imine (C=N–C) groups is 1. The number of rotatable bonds is 11. The van der Waals surface area contributed by atoms with Crippen LogP contribution in [0.15, 0.2) is 64.3 Å². The van der Waals surface area contributed by atoms with E-state index in [-0.39, 0.29) is 17.7 Å². The molecule has 1 amide bonds. The first-order chi connectivity index (χ1) is 15.3. The summed E-state index contributed by atoms with van der Waals surface area (Å²) in [4.78, 5) is 16.5. The first-order valence-electron chi connectivity index (χ1n) is 11.5. The minimum absolute atomic E-state index is 0.123. The predicted molar refractivity (Wildman–Crippen MR) is 133 cm³/mol. The monoisotopic (exact) mass is 438 g/mol. The third-order valence-corrected chi connectivity index (χ3v) is 5.42. The number of aromatic hydroxyl groups is 1. The van der Waals surface area contributed by atoms with Crippen LogP contribution in [0.1, 0.15) is 58.9 Å². The van der Waals surface area contributed by atoms with Gasteiger partial charge in [0.05, 0.1) is 11.6 Å². The van der Waals surface area contributed by atoms with Gasteiger partial charge in [0.25, 0.3) is 0 Å². The van der Waals surface area contributed by atoms with Crippen LogP contribution in [0.2, 0.25) is 0 Å². The van der Waals surface area contributed by atoms with E-state index in [2.05, 4.69) is 47.7 Å². The lowest BCUT2D eigenvalue weighted by molar-refractivity contribution is -0.121. The van der Waals surface area contributed by atoms with Gasteiger partial charge in [-0.2, -0.15) is 0 Å². The molecule has 174 valence electrons. The van der Waals surface area contributed by atoms with Crippen molar-refractivity contribution < 1.29 is 9.90 Å². The molecule has 0 saturated carbocycles. The molecule has 6 nitrogen and oxygen atoms in total. The zero-order chi connectivity index (χ0) is 23.5. The van der Waals surface area contributed by atoms with Gasteiger partial charge in [-0.05, 0) is 56.7 Å². The molecule has 0 heterocycles. The van der Waals surface area contributed by atoms with Gasteiger partial charge in [0.15, 0.2) is 0 Å². The number of nitrogens with two attached hydrogens (primary N) is 1. The maximum absolute atomic E-state index is 11.8. The molecule has 1 aromatic rings. The van der Waals surface area contributed by atoms with Crippen molar-refractivity contribution in [3.63, 3.8) is 0 Å². The third-order valence-electron chi connectivity index (χ3n) is 5.42. The molecule has 2 rings (SSSR count). The highest BCUT2D eigenvalue weighted by Gasteiger charge is 2.17. The van der Waals surface area contributed by atoms with Crippen LogP contribution in [0.4, 0.5) is 0 Å². The molecule has 1 unspecified atom stereocenters. The van der Waals surface area contributed by atoms with Crippen molar-refractivity contribution in [3.8, 4) is 5.75 Å². The molecule has 5 N–H and O–H groups in total. The van der Waals surface area contributed by atoms with E-state index in [0.717, 1.165) is 42.7 Å². The van der Waals surface area contributed by atoms with Crippen LogP contribution in [-0.4, -0.2) is 36.0 Å². The number of phenols is 1. The van der Waals surface area contributed by atoms with E-state index >= 15 is 0 Å². The molecule has 0 saturated heterocycles. The number of nitrogens with zero attached hydrogens (tertiary/aromatic N) is 1. The maximum Gasteiger partial charge on any atom is 0.220 e. The standard InChI is InChI=1S/C26H38N4O2/c1-18(2)11-14-25(32)29-16-8-7-15-28-20(4)21-13-12-19(3)17-23(21)30-26(27)22-9-5-6-10-24(22)31/h5-6,9-10,12-13,17-18,23,28,31H,7-8,11,14-16H2,1-4H3,(H2,27,30)(H,29,32)/b21-20+. The third kappa shape index (κ3) is 8.25. The zero-order valence-corrected chi connectivity index (χ0v) is 19.8. The average molecular weight is 439 g/mol. The second-order valence-corrected chi connectivity index (χ2v) is 8.72. The van der Waals surface area contributed by atoms with E-state index in [9.17, 15) is 9.90 Å². The summed E-state index contributed by atoms with van der Waals surface area (Å²) in [5, 5.41) is 16.5. The fourth-order valence-electron chi connectivity index (χ4n) is 3.44. The summed E-state index contributed by atoms with van der Waals surface area (Å²) in [7, 11) is 0. The second kappa shape index (κ2) is 12.7. The summed E-state index contributed by atoms with van der Waals surface area (Å²) < 4.78 is 0. The highest BCUT2D eigenvalue weighted by molar-refractivity contribution is 6.00. The Kier molecular flexibility index (Phi) is 10.1. The molecule has 0 aromatic heterocycles. The molecule has 6 heteroatoms. The first-order valence-corrected chi connectivity index (χ1v) is 11.5. The highest BCUT2D eigenvalue weighted by Crippen LogP contribution is 2.23. The van der Waals surface area contributed by atoms with Crippen LogP contribution >= 0.6 is 0 Å². The summed E-state index contributed by atoms with van der Waals surface area (Å²) in [5.41, 5.74) is 9.96. The van der Waals surface area contributed by atoms with Gasteiger partial charge in [-0.15, -0.1) is 0 Å². The van der Waals surface area contributed by atoms with Gasteiger partial charge in [0, 0.05) is 25.2 Å². The van der Waals surface area contributed by atoms with Crippen LogP contribution in [0.3, 0.4) is 0 Å². The summed E-state index contributed by atoms with van der Waals surface area (Å²) in [6.07, 6.45) is 9.63. The quantitative estimate of drug-likeness (QED) is 0.237. The van der Waals surface area contributed by atoms with Crippen LogP contribution in [0, 0.1) is 5.92 Å². The van der Waals surface area contributed by atoms with Crippen molar-refractivity contribution in [1.82, 2.24) is 10.6 Å². The number of unbranched alkanes of at least 4 members (excludes halogenated alkanes) is 1.